The van der Waals surface area contributed by atoms with E-state index in [9.17, 15) is 4.79 Å². The van der Waals surface area contributed by atoms with Crippen molar-refractivity contribution in [1.82, 2.24) is 9.80 Å². The Kier molecular flexibility index (Phi) is 13.3. The van der Waals surface area contributed by atoms with Gasteiger partial charge in [0.15, 0.2) is 6.23 Å². The van der Waals surface area contributed by atoms with Gasteiger partial charge in [-0.05, 0) is 13.3 Å². The molecule has 1 atom stereocenters. The zero-order valence-electron chi connectivity index (χ0n) is 15.1. The van der Waals surface area contributed by atoms with Gasteiger partial charge in [0, 0.05) is 25.9 Å². The molecule has 1 aliphatic heterocycles. The molecular formula is C18H35BrN2O2. The van der Waals surface area contributed by atoms with Crippen molar-refractivity contribution in [3.63, 3.8) is 0 Å². The normalized spacial score (nSPS) is 14.7. The minimum absolute atomic E-state index is 0. The third-order valence-electron chi connectivity index (χ3n) is 4.15. The summed E-state index contributed by atoms with van der Waals surface area (Å²) < 4.78 is 5.46. The van der Waals surface area contributed by atoms with Crippen LogP contribution in [0.1, 0.15) is 78.1 Å². The van der Waals surface area contributed by atoms with Gasteiger partial charge in [-0.25, -0.2) is 0 Å². The molecule has 0 radical (unpaired) electrons. The smallest absolute Gasteiger partial charge is 0.307 e. The average Bonchev–Trinajstić information content (AvgIpc) is 2.92. The van der Waals surface area contributed by atoms with Crippen LogP contribution in [-0.4, -0.2) is 35.7 Å². The Balaban J connectivity index is 0.00000484. The minimum Gasteiger partial charge on any atom is -0.442 e. The van der Waals surface area contributed by atoms with Crippen molar-refractivity contribution in [2.24, 2.45) is 0 Å². The van der Waals surface area contributed by atoms with Gasteiger partial charge in [-0.1, -0.05) is 58.3 Å². The fraction of sp³-hybridized carbons (Fsp3) is 0.833. The molecular weight excluding hydrogens is 356 g/mol. The lowest BCUT2D eigenvalue weighted by Gasteiger charge is -2.25. The highest BCUT2D eigenvalue weighted by molar-refractivity contribution is 8.93. The summed E-state index contributed by atoms with van der Waals surface area (Å²) in [7, 11) is 2.01. The molecule has 0 saturated heterocycles. The van der Waals surface area contributed by atoms with E-state index < -0.39 is 0 Å². The molecule has 0 spiro atoms. The molecule has 0 amide bonds. The summed E-state index contributed by atoms with van der Waals surface area (Å²) in [6.07, 6.45) is 15.7. The Morgan fingerprint density at radius 2 is 1.61 bits per heavy atom. The number of hydrogen-bond donors (Lipinski definition) is 0. The molecule has 0 fully saturated rings. The van der Waals surface area contributed by atoms with Gasteiger partial charge in [0.2, 0.25) is 0 Å². The first-order valence-electron chi connectivity index (χ1n) is 8.97. The Bertz CT molecular complexity index is 337. The fourth-order valence-corrected chi connectivity index (χ4v) is 2.68. The van der Waals surface area contributed by atoms with Gasteiger partial charge in [0.05, 0.1) is 6.67 Å². The van der Waals surface area contributed by atoms with E-state index in [1.165, 1.54) is 44.9 Å². The highest BCUT2D eigenvalue weighted by Gasteiger charge is 2.18. The molecule has 0 aromatic carbocycles. The summed E-state index contributed by atoms with van der Waals surface area (Å²) >= 11 is 0. The van der Waals surface area contributed by atoms with Crippen molar-refractivity contribution in [1.29, 1.82) is 0 Å². The second-order valence-corrected chi connectivity index (χ2v) is 6.38. The van der Waals surface area contributed by atoms with Crippen molar-refractivity contribution in [3.05, 3.63) is 12.4 Å². The first-order valence-corrected chi connectivity index (χ1v) is 8.97. The maximum atomic E-state index is 11.8. The van der Waals surface area contributed by atoms with Gasteiger partial charge in [-0.2, -0.15) is 0 Å². The van der Waals surface area contributed by atoms with Crippen LogP contribution in [0.5, 0.6) is 0 Å². The van der Waals surface area contributed by atoms with E-state index in [0.29, 0.717) is 6.42 Å². The van der Waals surface area contributed by atoms with Crippen LogP contribution < -0.4 is 0 Å². The molecule has 136 valence electrons. The van der Waals surface area contributed by atoms with E-state index in [1.807, 2.05) is 31.3 Å². The van der Waals surface area contributed by atoms with Crippen LogP contribution in [0.3, 0.4) is 0 Å². The number of unbranched alkanes of at least 4 members (excludes halogenated alkanes) is 8. The molecule has 1 heterocycles. The molecule has 4 nitrogen and oxygen atoms in total. The summed E-state index contributed by atoms with van der Waals surface area (Å²) in [6.45, 7) is 4.96. The van der Waals surface area contributed by atoms with E-state index in [4.69, 9.17) is 4.74 Å². The molecule has 0 saturated carbocycles. The van der Waals surface area contributed by atoms with Gasteiger partial charge in [-0.3, -0.25) is 4.79 Å². The van der Waals surface area contributed by atoms with Crippen molar-refractivity contribution in [2.45, 2.75) is 84.3 Å². The quantitative estimate of drug-likeness (QED) is 0.344. The van der Waals surface area contributed by atoms with Crippen molar-refractivity contribution < 1.29 is 9.53 Å². The van der Waals surface area contributed by atoms with Gasteiger partial charge in [-0.15, -0.1) is 17.0 Å². The van der Waals surface area contributed by atoms with Crippen LogP contribution in [-0.2, 0) is 9.53 Å². The van der Waals surface area contributed by atoms with Crippen LogP contribution in [0.15, 0.2) is 12.4 Å². The van der Waals surface area contributed by atoms with Crippen LogP contribution in [0, 0.1) is 0 Å². The third-order valence-corrected chi connectivity index (χ3v) is 4.15. The number of nitrogens with zero attached hydrogens (tertiary/aromatic N) is 2. The Morgan fingerprint density at radius 1 is 1.04 bits per heavy atom. The topological polar surface area (TPSA) is 32.8 Å². The van der Waals surface area contributed by atoms with Gasteiger partial charge in [0.1, 0.15) is 0 Å². The lowest BCUT2D eigenvalue weighted by Crippen LogP contribution is -2.34. The second kappa shape index (κ2) is 13.7. The predicted molar refractivity (Wildman–Crippen MR) is 101 cm³/mol. The average molecular weight is 391 g/mol. The molecule has 1 rings (SSSR count). The summed E-state index contributed by atoms with van der Waals surface area (Å²) in [5.41, 5.74) is 0. The number of esters is 1. The van der Waals surface area contributed by atoms with E-state index in [0.717, 1.165) is 19.5 Å². The third kappa shape index (κ3) is 10.6. The molecule has 0 aromatic heterocycles. The van der Waals surface area contributed by atoms with Crippen LogP contribution in [0.25, 0.3) is 0 Å². The van der Waals surface area contributed by atoms with Crippen molar-refractivity contribution in [3.8, 4) is 0 Å². The Morgan fingerprint density at radius 3 is 2.13 bits per heavy atom. The number of carbonyl (C=O) groups excluding carboxylic acids is 1. The number of halogens is 1. The number of carbonyl (C=O) groups is 1. The number of rotatable bonds is 12. The standard InChI is InChI=1S/C18H34N2O2.BrH/c1-4-5-6-7-8-9-10-11-12-13-18(21)22-17(2)20-15-14-19(3)16-20;/h14-15,17H,4-13,16H2,1-3H3;1H. The molecule has 0 bridgehead atoms. The number of ether oxygens (including phenoxy) is 1. The highest BCUT2D eigenvalue weighted by atomic mass is 79.9. The lowest BCUT2D eigenvalue weighted by molar-refractivity contribution is -0.155. The zero-order chi connectivity index (χ0) is 16.2. The van der Waals surface area contributed by atoms with Crippen molar-refractivity contribution >= 4 is 23.0 Å². The largest absolute Gasteiger partial charge is 0.442 e. The Labute approximate surface area is 153 Å². The van der Waals surface area contributed by atoms with E-state index in [-0.39, 0.29) is 29.2 Å². The molecule has 5 heteroatoms. The van der Waals surface area contributed by atoms with Crippen LogP contribution >= 0.6 is 17.0 Å². The fourth-order valence-electron chi connectivity index (χ4n) is 2.68. The van der Waals surface area contributed by atoms with E-state index in [1.54, 1.807) is 0 Å². The van der Waals surface area contributed by atoms with Crippen LogP contribution in [0.2, 0.25) is 0 Å². The minimum atomic E-state index is -0.174. The first kappa shape index (κ1) is 22.3. The zero-order valence-corrected chi connectivity index (χ0v) is 16.8. The second-order valence-electron chi connectivity index (χ2n) is 6.38. The molecule has 0 aromatic rings. The summed E-state index contributed by atoms with van der Waals surface area (Å²) in [6, 6.07) is 0. The highest BCUT2D eigenvalue weighted by Crippen LogP contribution is 2.13. The first-order chi connectivity index (χ1) is 10.6. The maximum Gasteiger partial charge on any atom is 0.307 e. The number of hydrogen-bond acceptors (Lipinski definition) is 4. The maximum absolute atomic E-state index is 11.8. The summed E-state index contributed by atoms with van der Waals surface area (Å²) in [4.78, 5) is 15.9. The van der Waals surface area contributed by atoms with Crippen molar-refractivity contribution in [2.75, 3.05) is 13.7 Å². The van der Waals surface area contributed by atoms with Crippen LogP contribution in [0.4, 0.5) is 0 Å². The molecule has 0 aliphatic carbocycles. The Hall–Kier alpha value is -0.710. The monoisotopic (exact) mass is 390 g/mol. The molecule has 23 heavy (non-hydrogen) atoms. The summed E-state index contributed by atoms with van der Waals surface area (Å²) in [5.74, 6) is -0.0709. The lowest BCUT2D eigenvalue weighted by atomic mass is 10.1. The molecule has 1 unspecified atom stereocenters. The van der Waals surface area contributed by atoms with E-state index in [2.05, 4.69) is 11.8 Å². The molecule has 1 aliphatic rings. The van der Waals surface area contributed by atoms with Gasteiger partial charge >= 0.3 is 5.97 Å². The van der Waals surface area contributed by atoms with E-state index >= 15 is 0 Å². The summed E-state index contributed by atoms with van der Waals surface area (Å²) in [5, 5.41) is 0. The van der Waals surface area contributed by atoms with Gasteiger partial charge in [0.25, 0.3) is 0 Å². The van der Waals surface area contributed by atoms with Gasteiger partial charge < -0.3 is 14.5 Å². The predicted octanol–water partition coefficient (Wildman–Crippen LogP) is 5.05. The molecule has 0 N–H and O–H groups in total. The SMILES string of the molecule is Br.CCCCCCCCCCCC(=O)OC(C)N1C=CN(C)C1.